The van der Waals surface area contributed by atoms with Crippen molar-refractivity contribution in [3.8, 4) is 5.75 Å². The number of benzene rings is 1. The molecule has 0 unspecified atom stereocenters. The normalized spacial score (nSPS) is 10.7. The second-order valence-electron chi connectivity index (χ2n) is 3.51. The molecule has 1 aromatic heterocycles. The highest BCUT2D eigenvalue weighted by Gasteiger charge is 1.98. The molecule has 0 spiro atoms. The lowest BCUT2D eigenvalue weighted by molar-refractivity contribution is 0.416. The Bertz CT molecular complexity index is 520. The third-order valence-corrected chi connectivity index (χ3v) is 2.22. The van der Waals surface area contributed by atoms with Gasteiger partial charge in [0, 0.05) is 6.20 Å². The third kappa shape index (κ3) is 2.87. The number of hydrogen-bond acceptors (Lipinski definition) is 4. The van der Waals surface area contributed by atoms with Crippen molar-refractivity contribution < 1.29 is 4.74 Å². The summed E-state index contributed by atoms with van der Waals surface area (Å²) in [4.78, 5) is 12.7. The SMILES string of the molecule is COc1ccccc1/N=C/c1cnc(C)cn1. The van der Waals surface area contributed by atoms with Gasteiger partial charge in [0.15, 0.2) is 0 Å². The minimum Gasteiger partial charge on any atom is -0.494 e. The summed E-state index contributed by atoms with van der Waals surface area (Å²) in [5.74, 6) is 0.740. The number of aryl methyl sites for hydroxylation is 1. The van der Waals surface area contributed by atoms with Crippen LogP contribution in [0.1, 0.15) is 11.4 Å². The van der Waals surface area contributed by atoms with Crippen molar-refractivity contribution in [2.45, 2.75) is 6.92 Å². The summed E-state index contributed by atoms with van der Waals surface area (Å²) in [6.45, 7) is 1.90. The van der Waals surface area contributed by atoms with E-state index in [-0.39, 0.29) is 0 Å². The van der Waals surface area contributed by atoms with Crippen molar-refractivity contribution in [1.82, 2.24) is 9.97 Å². The molecule has 0 aliphatic carbocycles. The van der Waals surface area contributed by atoms with Crippen molar-refractivity contribution in [2.24, 2.45) is 4.99 Å². The monoisotopic (exact) mass is 227 g/mol. The molecule has 0 saturated heterocycles. The molecule has 0 atom stereocenters. The van der Waals surface area contributed by atoms with Crippen LogP contribution in [0.4, 0.5) is 5.69 Å². The van der Waals surface area contributed by atoms with E-state index in [1.165, 1.54) is 0 Å². The minimum atomic E-state index is 0.724. The molecule has 0 aliphatic rings. The highest BCUT2D eigenvalue weighted by atomic mass is 16.5. The van der Waals surface area contributed by atoms with Gasteiger partial charge in [0.05, 0.1) is 30.9 Å². The van der Waals surface area contributed by atoms with Crippen LogP contribution in [0.25, 0.3) is 0 Å². The van der Waals surface area contributed by atoms with Crippen LogP contribution in [0.3, 0.4) is 0 Å². The Morgan fingerprint density at radius 2 is 2.00 bits per heavy atom. The van der Waals surface area contributed by atoms with Gasteiger partial charge in [-0.15, -0.1) is 0 Å². The van der Waals surface area contributed by atoms with Crippen molar-refractivity contribution in [2.75, 3.05) is 7.11 Å². The first kappa shape index (κ1) is 11.3. The van der Waals surface area contributed by atoms with E-state index < -0.39 is 0 Å². The maximum absolute atomic E-state index is 5.20. The van der Waals surface area contributed by atoms with E-state index in [1.807, 2.05) is 31.2 Å². The van der Waals surface area contributed by atoms with E-state index in [0.717, 1.165) is 22.8 Å². The summed E-state index contributed by atoms with van der Waals surface area (Å²) in [6.07, 6.45) is 5.07. The maximum atomic E-state index is 5.20. The molecule has 0 fully saturated rings. The second-order valence-corrected chi connectivity index (χ2v) is 3.51. The summed E-state index contributed by atoms with van der Waals surface area (Å²) >= 11 is 0. The fourth-order valence-electron chi connectivity index (χ4n) is 1.34. The van der Waals surface area contributed by atoms with Crippen LogP contribution in [0, 0.1) is 6.92 Å². The Morgan fingerprint density at radius 3 is 2.71 bits per heavy atom. The standard InChI is InChI=1S/C13H13N3O/c1-10-7-15-11(8-14-10)9-16-12-5-3-4-6-13(12)17-2/h3-9H,1-2H3/b16-9+. The molecule has 17 heavy (non-hydrogen) atoms. The topological polar surface area (TPSA) is 47.4 Å². The summed E-state index contributed by atoms with van der Waals surface area (Å²) < 4.78 is 5.20. The van der Waals surface area contributed by atoms with Crippen LogP contribution in [-0.4, -0.2) is 23.3 Å². The number of aliphatic imine (C=N–C) groups is 1. The number of ether oxygens (including phenoxy) is 1. The molecule has 4 heteroatoms. The van der Waals surface area contributed by atoms with Gasteiger partial charge in [-0.3, -0.25) is 15.0 Å². The number of rotatable bonds is 3. The molecule has 0 bridgehead atoms. The van der Waals surface area contributed by atoms with Gasteiger partial charge in [0.1, 0.15) is 11.4 Å². The van der Waals surface area contributed by atoms with E-state index in [0.29, 0.717) is 0 Å². The fraction of sp³-hybridized carbons (Fsp3) is 0.154. The van der Waals surface area contributed by atoms with Crippen molar-refractivity contribution in [3.05, 3.63) is 48.0 Å². The van der Waals surface area contributed by atoms with Crippen molar-refractivity contribution >= 4 is 11.9 Å². The number of para-hydroxylation sites is 2. The van der Waals surface area contributed by atoms with Gasteiger partial charge in [-0.1, -0.05) is 12.1 Å². The summed E-state index contributed by atoms with van der Waals surface area (Å²) in [7, 11) is 1.63. The van der Waals surface area contributed by atoms with E-state index in [4.69, 9.17) is 4.74 Å². The lowest BCUT2D eigenvalue weighted by Crippen LogP contribution is -1.90. The number of nitrogens with zero attached hydrogens (tertiary/aromatic N) is 3. The largest absolute Gasteiger partial charge is 0.494 e. The minimum absolute atomic E-state index is 0.724. The van der Waals surface area contributed by atoms with Gasteiger partial charge in [-0.2, -0.15) is 0 Å². The Balaban J connectivity index is 2.22. The number of methoxy groups -OCH3 is 1. The molecular formula is C13H13N3O. The smallest absolute Gasteiger partial charge is 0.144 e. The predicted molar refractivity (Wildman–Crippen MR) is 67.0 cm³/mol. The lowest BCUT2D eigenvalue weighted by Gasteiger charge is -2.02. The first-order valence-electron chi connectivity index (χ1n) is 5.25. The van der Waals surface area contributed by atoms with Crippen LogP contribution in [0.15, 0.2) is 41.7 Å². The van der Waals surface area contributed by atoms with Crippen LogP contribution < -0.4 is 4.74 Å². The number of aromatic nitrogens is 2. The van der Waals surface area contributed by atoms with Gasteiger partial charge in [-0.25, -0.2) is 0 Å². The van der Waals surface area contributed by atoms with E-state index >= 15 is 0 Å². The van der Waals surface area contributed by atoms with Gasteiger partial charge in [0.25, 0.3) is 0 Å². The number of hydrogen-bond donors (Lipinski definition) is 0. The predicted octanol–water partition coefficient (Wildman–Crippen LogP) is 2.54. The molecule has 86 valence electrons. The molecule has 0 radical (unpaired) electrons. The first-order chi connectivity index (χ1) is 8.29. The Labute approximate surface area is 100 Å². The summed E-state index contributed by atoms with van der Waals surface area (Å²) in [6, 6.07) is 7.57. The Morgan fingerprint density at radius 1 is 1.18 bits per heavy atom. The van der Waals surface area contributed by atoms with E-state index in [9.17, 15) is 0 Å². The average Bonchev–Trinajstić information content (AvgIpc) is 2.38. The quantitative estimate of drug-likeness (QED) is 0.757. The van der Waals surface area contributed by atoms with Gasteiger partial charge < -0.3 is 4.74 Å². The molecule has 1 heterocycles. The van der Waals surface area contributed by atoms with Gasteiger partial charge in [-0.05, 0) is 19.1 Å². The molecule has 0 N–H and O–H groups in total. The van der Waals surface area contributed by atoms with Crippen LogP contribution in [0.5, 0.6) is 5.75 Å². The summed E-state index contributed by atoms with van der Waals surface area (Å²) in [5, 5.41) is 0. The fourth-order valence-corrected chi connectivity index (χ4v) is 1.34. The molecular weight excluding hydrogens is 214 g/mol. The molecule has 4 nitrogen and oxygen atoms in total. The van der Waals surface area contributed by atoms with Gasteiger partial charge >= 0.3 is 0 Å². The van der Waals surface area contributed by atoms with Crippen LogP contribution in [-0.2, 0) is 0 Å². The first-order valence-corrected chi connectivity index (χ1v) is 5.25. The molecule has 2 aromatic rings. The maximum Gasteiger partial charge on any atom is 0.144 e. The zero-order valence-electron chi connectivity index (χ0n) is 9.79. The van der Waals surface area contributed by atoms with Gasteiger partial charge in [0.2, 0.25) is 0 Å². The van der Waals surface area contributed by atoms with Crippen LogP contribution in [0.2, 0.25) is 0 Å². The average molecular weight is 227 g/mol. The lowest BCUT2D eigenvalue weighted by atomic mass is 10.3. The van der Waals surface area contributed by atoms with E-state index in [2.05, 4.69) is 15.0 Å². The Hall–Kier alpha value is -2.23. The summed E-state index contributed by atoms with van der Waals surface area (Å²) in [5.41, 5.74) is 2.39. The van der Waals surface area contributed by atoms with Crippen LogP contribution >= 0.6 is 0 Å². The highest BCUT2D eigenvalue weighted by Crippen LogP contribution is 2.25. The van der Waals surface area contributed by atoms with E-state index in [1.54, 1.807) is 25.7 Å². The molecule has 0 aliphatic heterocycles. The van der Waals surface area contributed by atoms with Crippen molar-refractivity contribution in [3.63, 3.8) is 0 Å². The third-order valence-electron chi connectivity index (χ3n) is 2.22. The molecule has 0 saturated carbocycles. The highest BCUT2D eigenvalue weighted by molar-refractivity contribution is 5.80. The molecule has 1 aromatic carbocycles. The zero-order valence-corrected chi connectivity index (χ0v) is 9.79. The Kier molecular flexibility index (Phi) is 3.45. The van der Waals surface area contributed by atoms with Crippen molar-refractivity contribution in [1.29, 1.82) is 0 Å². The zero-order chi connectivity index (χ0) is 12.1. The molecule has 0 amide bonds. The molecule has 2 rings (SSSR count). The second kappa shape index (κ2) is 5.21.